The van der Waals surface area contributed by atoms with Gasteiger partial charge in [0.05, 0.1) is 0 Å². The topological polar surface area (TPSA) is 35.5 Å². The quantitative estimate of drug-likeness (QED) is 0.548. The van der Waals surface area contributed by atoms with Gasteiger partial charge in [-0.1, -0.05) is 30.8 Å². The first kappa shape index (κ1) is 9.77. The van der Waals surface area contributed by atoms with Gasteiger partial charge in [0, 0.05) is 5.56 Å². The van der Waals surface area contributed by atoms with Crippen LogP contribution in [0.3, 0.4) is 0 Å². The van der Waals surface area contributed by atoms with Crippen LogP contribution in [0.25, 0.3) is 0 Å². The van der Waals surface area contributed by atoms with E-state index in [0.29, 0.717) is 0 Å². The van der Waals surface area contributed by atoms with Gasteiger partial charge >= 0.3 is 6.16 Å². The van der Waals surface area contributed by atoms with Crippen molar-refractivity contribution < 1.29 is 14.3 Å². The zero-order valence-corrected chi connectivity index (χ0v) is 8.53. The van der Waals surface area contributed by atoms with E-state index in [9.17, 15) is 4.79 Å². The number of cyclic esters (lactones) is 2. The molecule has 3 nitrogen and oxygen atoms in total. The molecule has 0 radical (unpaired) electrons. The Morgan fingerprint density at radius 3 is 2.73 bits per heavy atom. The fourth-order valence-corrected chi connectivity index (χ4v) is 1.76. The molecule has 0 saturated carbocycles. The Kier molecular flexibility index (Phi) is 2.23. The third-order valence-electron chi connectivity index (χ3n) is 2.60. The Morgan fingerprint density at radius 1 is 1.47 bits per heavy atom. The fraction of sp³-hybridized carbons (Fsp3) is 0.250. The van der Waals surface area contributed by atoms with Gasteiger partial charge in [-0.2, -0.15) is 0 Å². The summed E-state index contributed by atoms with van der Waals surface area (Å²) in [5.41, 5.74) is 1.16. The van der Waals surface area contributed by atoms with Crippen LogP contribution < -0.4 is 0 Å². The first-order chi connectivity index (χ1) is 7.18. The number of aryl methyl sites for hydroxylation is 1. The van der Waals surface area contributed by atoms with Gasteiger partial charge in [-0.3, -0.25) is 0 Å². The Hall–Kier alpha value is -1.77. The van der Waals surface area contributed by atoms with Gasteiger partial charge in [0.15, 0.2) is 5.60 Å². The molecule has 1 heterocycles. The molecule has 0 aromatic heterocycles. The lowest BCUT2D eigenvalue weighted by Crippen LogP contribution is -2.26. The minimum atomic E-state index is -0.817. The number of ether oxygens (including phenoxy) is 2. The Bertz CT molecular complexity index is 411. The largest absolute Gasteiger partial charge is 0.509 e. The van der Waals surface area contributed by atoms with E-state index < -0.39 is 11.8 Å². The highest BCUT2D eigenvalue weighted by Crippen LogP contribution is 2.34. The number of carbonyl (C=O) groups is 1. The second-order valence-corrected chi connectivity index (χ2v) is 3.55. The van der Waals surface area contributed by atoms with Crippen molar-refractivity contribution in [3.8, 4) is 0 Å². The van der Waals surface area contributed by atoms with Gasteiger partial charge < -0.3 is 9.47 Å². The molecule has 0 spiro atoms. The van der Waals surface area contributed by atoms with Crippen LogP contribution in [0.15, 0.2) is 36.9 Å². The summed E-state index contributed by atoms with van der Waals surface area (Å²) in [5, 5.41) is 0. The molecule has 78 valence electrons. The average molecular weight is 204 g/mol. The average Bonchev–Trinajstić information content (AvgIpc) is 2.62. The second kappa shape index (κ2) is 3.42. The summed E-state index contributed by atoms with van der Waals surface area (Å²) in [6.07, 6.45) is 0.971. The van der Waals surface area contributed by atoms with Crippen molar-refractivity contribution in [3.63, 3.8) is 0 Å². The normalized spacial score (nSPS) is 24.5. The maximum Gasteiger partial charge on any atom is 0.509 e. The van der Waals surface area contributed by atoms with Gasteiger partial charge in [0.2, 0.25) is 0 Å². The summed E-state index contributed by atoms with van der Waals surface area (Å²) in [5.74, 6) is 0. The molecule has 1 aliphatic rings. The van der Waals surface area contributed by atoms with Crippen molar-refractivity contribution in [2.24, 2.45) is 0 Å². The van der Waals surface area contributed by atoms with E-state index in [-0.39, 0.29) is 6.61 Å². The van der Waals surface area contributed by atoms with Crippen LogP contribution in [0.4, 0.5) is 4.79 Å². The Balaban J connectivity index is 2.48. The molecule has 1 aromatic rings. The zero-order chi connectivity index (χ0) is 10.9. The molecule has 1 atom stereocenters. The summed E-state index contributed by atoms with van der Waals surface area (Å²) >= 11 is 0. The van der Waals surface area contributed by atoms with Gasteiger partial charge in [-0.05, 0) is 18.6 Å². The third kappa shape index (κ3) is 1.50. The van der Waals surface area contributed by atoms with E-state index >= 15 is 0 Å². The van der Waals surface area contributed by atoms with E-state index in [1.807, 2.05) is 31.2 Å². The number of carbonyl (C=O) groups excluding carboxylic acids is 1. The summed E-state index contributed by atoms with van der Waals surface area (Å²) < 4.78 is 10.0. The van der Waals surface area contributed by atoms with Crippen LogP contribution in [0, 0.1) is 6.92 Å². The van der Waals surface area contributed by atoms with Crippen molar-refractivity contribution in [3.05, 3.63) is 48.0 Å². The van der Waals surface area contributed by atoms with Gasteiger partial charge in [0.1, 0.15) is 6.61 Å². The first-order valence-electron chi connectivity index (χ1n) is 4.73. The lowest BCUT2D eigenvalue weighted by molar-refractivity contribution is 0.0884. The predicted octanol–water partition coefficient (Wildman–Crippen LogP) is 2.54. The van der Waals surface area contributed by atoms with E-state index in [0.717, 1.165) is 11.1 Å². The predicted molar refractivity (Wildman–Crippen MR) is 55.5 cm³/mol. The molecule has 1 fully saturated rings. The molecule has 1 unspecified atom stereocenters. The smallest absolute Gasteiger partial charge is 0.429 e. The Labute approximate surface area is 88.3 Å². The van der Waals surface area contributed by atoms with Crippen molar-refractivity contribution in [1.29, 1.82) is 0 Å². The molecule has 0 bridgehead atoms. The first-order valence-corrected chi connectivity index (χ1v) is 4.73. The van der Waals surface area contributed by atoms with Crippen molar-refractivity contribution >= 4 is 6.16 Å². The van der Waals surface area contributed by atoms with E-state index in [1.54, 1.807) is 6.08 Å². The van der Waals surface area contributed by atoms with Gasteiger partial charge in [-0.25, -0.2) is 4.79 Å². The molecule has 15 heavy (non-hydrogen) atoms. The fourth-order valence-electron chi connectivity index (χ4n) is 1.76. The third-order valence-corrected chi connectivity index (χ3v) is 2.60. The summed E-state index contributed by atoms with van der Waals surface area (Å²) in [7, 11) is 0. The lowest BCUT2D eigenvalue weighted by Gasteiger charge is -2.22. The highest BCUT2D eigenvalue weighted by Gasteiger charge is 2.42. The minimum absolute atomic E-state index is 0.195. The maximum absolute atomic E-state index is 11.0. The summed E-state index contributed by atoms with van der Waals surface area (Å²) in [4.78, 5) is 11.0. The molecule has 0 aliphatic carbocycles. The maximum atomic E-state index is 11.0. The van der Waals surface area contributed by atoms with E-state index in [1.165, 1.54) is 0 Å². The zero-order valence-electron chi connectivity index (χ0n) is 8.53. The molecule has 1 saturated heterocycles. The summed E-state index contributed by atoms with van der Waals surface area (Å²) in [6.45, 7) is 5.87. The van der Waals surface area contributed by atoms with Crippen molar-refractivity contribution in [2.45, 2.75) is 12.5 Å². The van der Waals surface area contributed by atoms with Crippen LogP contribution in [0.2, 0.25) is 0 Å². The lowest BCUT2D eigenvalue weighted by atomic mass is 9.91. The molecule has 0 amide bonds. The molecule has 1 aliphatic heterocycles. The molecular formula is C12H12O3. The summed E-state index contributed by atoms with van der Waals surface area (Å²) in [6, 6.07) is 7.72. The molecule has 0 N–H and O–H groups in total. The van der Waals surface area contributed by atoms with E-state index in [4.69, 9.17) is 9.47 Å². The van der Waals surface area contributed by atoms with Crippen molar-refractivity contribution in [1.82, 2.24) is 0 Å². The number of hydrogen-bond donors (Lipinski definition) is 0. The van der Waals surface area contributed by atoms with Crippen LogP contribution >= 0.6 is 0 Å². The van der Waals surface area contributed by atoms with Crippen LogP contribution in [-0.2, 0) is 15.1 Å². The van der Waals surface area contributed by atoms with Crippen molar-refractivity contribution in [2.75, 3.05) is 6.61 Å². The van der Waals surface area contributed by atoms with Gasteiger partial charge in [0.25, 0.3) is 0 Å². The molecular weight excluding hydrogens is 192 g/mol. The van der Waals surface area contributed by atoms with Crippen LogP contribution in [-0.4, -0.2) is 12.8 Å². The molecule has 1 aromatic carbocycles. The Morgan fingerprint density at radius 2 is 2.20 bits per heavy atom. The highest BCUT2D eigenvalue weighted by atomic mass is 16.8. The number of benzene rings is 1. The van der Waals surface area contributed by atoms with Crippen LogP contribution in [0.5, 0.6) is 0 Å². The highest BCUT2D eigenvalue weighted by molar-refractivity contribution is 5.64. The monoisotopic (exact) mass is 204 g/mol. The van der Waals surface area contributed by atoms with Crippen LogP contribution in [0.1, 0.15) is 11.1 Å². The standard InChI is InChI=1S/C12H12O3/c1-3-12(8-14-11(13)15-12)10-7-5-4-6-9(10)2/h3-7H,1,8H2,2H3. The van der Waals surface area contributed by atoms with E-state index in [2.05, 4.69) is 6.58 Å². The second-order valence-electron chi connectivity index (χ2n) is 3.55. The molecule has 3 heteroatoms. The SMILES string of the molecule is C=CC1(c2ccccc2C)COC(=O)O1. The van der Waals surface area contributed by atoms with Gasteiger partial charge in [-0.15, -0.1) is 0 Å². The number of hydrogen-bond acceptors (Lipinski definition) is 3. The molecule has 2 rings (SSSR count). The number of rotatable bonds is 2. The minimum Gasteiger partial charge on any atom is -0.429 e.